The molecule has 0 aliphatic rings. The van der Waals surface area contributed by atoms with Gasteiger partial charge in [-0.25, -0.2) is 9.13 Å². The zero-order chi connectivity index (χ0) is 76.6. The second-order valence-corrected chi connectivity index (χ2v) is 29.3. The predicted molar refractivity (Wildman–Crippen MR) is 435 cm³/mol. The van der Waals surface area contributed by atoms with Crippen molar-refractivity contribution < 1.29 is 75.8 Å². The Morgan fingerprint density at radius 2 is 0.476 bits per heavy atom. The first-order chi connectivity index (χ1) is 51.2. The number of allylic oxidation sites excluding steroid dienone is 28. The zero-order valence-corrected chi connectivity index (χ0v) is 67.1. The summed E-state index contributed by atoms with van der Waals surface area (Å²) in [5.74, 6) is -1.62. The van der Waals surface area contributed by atoms with Crippen LogP contribution >= 0.6 is 15.6 Å². The molecule has 0 aromatic carbocycles. The van der Waals surface area contributed by atoms with E-state index in [1.165, 1.54) is 57.8 Å². The molecule has 5 atom stereocenters. The van der Waals surface area contributed by atoms with Crippen molar-refractivity contribution in [3.8, 4) is 0 Å². The normalized spacial score (nSPS) is 14.8. The number of phosphoric ester groups is 2. The Hall–Kier alpha value is -5.09. The van der Waals surface area contributed by atoms with Gasteiger partial charge in [-0.15, -0.1) is 0 Å². The Bertz CT molecular complexity index is 2590. The van der Waals surface area contributed by atoms with E-state index in [1.807, 2.05) is 0 Å². The fourth-order valence-corrected chi connectivity index (χ4v) is 12.0. The van der Waals surface area contributed by atoms with E-state index in [4.69, 9.17) is 32.3 Å². The highest BCUT2D eigenvalue weighted by Gasteiger charge is 2.29. The largest absolute Gasteiger partial charge is 0.472 e. The first kappa shape index (κ1) is 99.9. The Morgan fingerprint density at radius 1 is 0.267 bits per heavy atom. The molecule has 598 valence electrons. The van der Waals surface area contributed by atoms with Crippen LogP contribution in [0.3, 0.4) is 0 Å². The first-order valence-electron chi connectivity index (χ1n) is 40.4. The molecule has 105 heavy (non-hydrogen) atoms. The molecule has 0 aliphatic carbocycles. The Kier molecular flexibility index (Phi) is 74.7. The average molecular weight is 1510 g/mol. The van der Waals surface area contributed by atoms with E-state index < -0.39 is 91.5 Å². The van der Waals surface area contributed by atoms with Crippen molar-refractivity contribution in [3.63, 3.8) is 0 Å². The molecule has 0 spiro atoms. The highest BCUT2D eigenvalue weighted by Crippen LogP contribution is 2.45. The fourth-order valence-electron chi connectivity index (χ4n) is 10.4. The van der Waals surface area contributed by atoms with Gasteiger partial charge >= 0.3 is 33.6 Å². The van der Waals surface area contributed by atoms with Crippen molar-refractivity contribution in [2.45, 2.75) is 322 Å². The van der Waals surface area contributed by atoms with Crippen LogP contribution in [0.2, 0.25) is 0 Å². The van der Waals surface area contributed by atoms with Gasteiger partial charge in [0.1, 0.15) is 25.4 Å². The van der Waals surface area contributed by atoms with Gasteiger partial charge in [-0.05, 0) is 148 Å². The SMILES string of the molecule is CC/C=C\C/C=C\C/C=C\C/C=C\C/C=C\C/C=C\CCCCCCCCC(=O)OCC(COP(=O)(O)OCC(O)COP(=O)(O)OCC(O)COC(=O)CCCCCCCCCCCCCCC/C=C\C/C=C\C/C=C\C/C=C\C/C=C\CC)OC(=O)CCCCCCC/C=C\C/C=C\C/C=C\CC. The molecule has 0 saturated carbocycles. The Balaban J connectivity index is 4.57. The van der Waals surface area contributed by atoms with Gasteiger partial charge in [-0.3, -0.25) is 32.5 Å². The van der Waals surface area contributed by atoms with E-state index in [0.717, 1.165) is 186 Å². The topological polar surface area (TPSA) is 231 Å². The van der Waals surface area contributed by atoms with Crippen LogP contribution in [0.15, 0.2) is 170 Å². The standard InChI is InChI=1S/C87H144O16P2/c1-4-7-10-13-16-19-22-25-28-30-32-34-36-38-39-40-41-43-45-46-48-50-53-55-58-61-64-67-70-73-85(90)97-76-82(88)77-99-104(93,94)100-78-83(89)79-101-105(95,96)102-81-84(103-87(92)75-72-69-66-63-60-57-52-27-24-21-18-15-12-9-6-3)80-98-86(91)74-71-68-65-62-59-56-54-51-49-47-44-42-37-35-33-31-29-26-23-20-17-14-11-8-5-2/h7-12,16-21,25-29,32-35,38-39,42,44,49,51-52,82-84,88-89H,4-6,13-15,22-24,30-31,36-37,40-41,43,45-48,50,53-81H2,1-3H3,(H,93,94)(H,95,96)/b10-7-,11-8-,12-9-,19-16-,20-17-,21-18-,28-25-,29-26-,34-32-,35-33-,39-38-,44-42-,51-49-,52-27-. The predicted octanol–water partition coefficient (Wildman–Crippen LogP) is 24.0. The summed E-state index contributed by atoms with van der Waals surface area (Å²) in [7, 11) is -9.81. The highest BCUT2D eigenvalue weighted by atomic mass is 31.2. The summed E-state index contributed by atoms with van der Waals surface area (Å²) >= 11 is 0. The molecular weight excluding hydrogens is 1360 g/mol. The second kappa shape index (κ2) is 78.5. The van der Waals surface area contributed by atoms with Crippen LogP contribution in [-0.2, 0) is 55.8 Å². The molecule has 4 N–H and O–H groups in total. The molecule has 0 rings (SSSR count). The van der Waals surface area contributed by atoms with Gasteiger partial charge in [0.25, 0.3) is 0 Å². The van der Waals surface area contributed by atoms with E-state index in [2.05, 4.69) is 191 Å². The maximum Gasteiger partial charge on any atom is 0.472 e. The molecule has 16 nitrogen and oxygen atoms in total. The highest BCUT2D eigenvalue weighted by molar-refractivity contribution is 7.47. The summed E-state index contributed by atoms with van der Waals surface area (Å²) in [6.45, 7) is 2.30. The lowest BCUT2D eigenvalue weighted by atomic mass is 10.0. The lowest BCUT2D eigenvalue weighted by Gasteiger charge is -2.21. The summed E-state index contributed by atoms with van der Waals surface area (Å²) in [5.41, 5.74) is 0. The smallest absolute Gasteiger partial charge is 0.463 e. The third-order valence-electron chi connectivity index (χ3n) is 16.4. The van der Waals surface area contributed by atoms with Crippen LogP contribution in [-0.4, -0.2) is 95.9 Å². The Labute approximate surface area is 637 Å². The van der Waals surface area contributed by atoms with Crippen LogP contribution in [0.4, 0.5) is 0 Å². The van der Waals surface area contributed by atoms with Crippen molar-refractivity contribution in [1.29, 1.82) is 0 Å². The number of aliphatic hydroxyl groups excluding tert-OH is 2. The van der Waals surface area contributed by atoms with Crippen LogP contribution in [0.25, 0.3) is 0 Å². The molecule has 0 radical (unpaired) electrons. The zero-order valence-electron chi connectivity index (χ0n) is 65.3. The maximum atomic E-state index is 13.0. The quantitative estimate of drug-likeness (QED) is 0.0146. The molecule has 18 heteroatoms. The number of hydrogen-bond donors (Lipinski definition) is 4. The first-order valence-corrected chi connectivity index (χ1v) is 43.4. The number of ether oxygens (including phenoxy) is 3. The maximum absolute atomic E-state index is 13.0. The number of hydrogen-bond acceptors (Lipinski definition) is 14. The molecule has 0 aromatic heterocycles. The summed E-state index contributed by atoms with van der Waals surface area (Å²) in [6, 6.07) is 0. The van der Waals surface area contributed by atoms with Crippen LogP contribution in [0, 0.1) is 0 Å². The van der Waals surface area contributed by atoms with Crippen molar-refractivity contribution in [1.82, 2.24) is 0 Å². The molecular formula is C87H144O16P2. The van der Waals surface area contributed by atoms with Gasteiger partial charge < -0.3 is 34.2 Å². The number of carbonyl (C=O) groups is 3. The summed E-state index contributed by atoms with van der Waals surface area (Å²) in [4.78, 5) is 58.7. The minimum Gasteiger partial charge on any atom is -0.463 e. The van der Waals surface area contributed by atoms with E-state index in [1.54, 1.807) is 0 Å². The van der Waals surface area contributed by atoms with Crippen molar-refractivity contribution in [2.24, 2.45) is 0 Å². The molecule has 0 amide bonds. The minimum absolute atomic E-state index is 0.0760. The van der Waals surface area contributed by atoms with E-state index in [-0.39, 0.29) is 19.3 Å². The van der Waals surface area contributed by atoms with Crippen molar-refractivity contribution in [2.75, 3.05) is 39.6 Å². The minimum atomic E-state index is -4.95. The van der Waals surface area contributed by atoms with Gasteiger partial charge in [0, 0.05) is 19.3 Å². The molecule has 0 aliphatic heterocycles. The number of carbonyl (C=O) groups excluding carboxylic acids is 3. The average Bonchev–Trinajstić information content (AvgIpc) is 1.01. The van der Waals surface area contributed by atoms with E-state index >= 15 is 0 Å². The van der Waals surface area contributed by atoms with Gasteiger partial charge in [-0.1, -0.05) is 306 Å². The summed E-state index contributed by atoms with van der Waals surface area (Å²) in [6.07, 6.45) is 99.7. The second-order valence-electron chi connectivity index (χ2n) is 26.4. The van der Waals surface area contributed by atoms with Crippen LogP contribution in [0.1, 0.15) is 303 Å². The molecule has 5 unspecified atom stereocenters. The summed E-state index contributed by atoms with van der Waals surface area (Å²) < 4.78 is 61.2. The van der Waals surface area contributed by atoms with Crippen LogP contribution < -0.4 is 0 Å². The molecule has 0 aromatic rings. The molecule has 0 heterocycles. The molecule has 0 bridgehead atoms. The number of phosphoric acid groups is 2. The third kappa shape index (κ3) is 79.8. The van der Waals surface area contributed by atoms with Crippen molar-refractivity contribution >= 4 is 33.6 Å². The van der Waals surface area contributed by atoms with Gasteiger partial charge in [0.05, 0.1) is 26.4 Å². The Morgan fingerprint density at radius 3 is 0.752 bits per heavy atom. The summed E-state index contributed by atoms with van der Waals surface area (Å²) in [5, 5.41) is 20.7. The van der Waals surface area contributed by atoms with E-state index in [9.17, 15) is 43.5 Å². The van der Waals surface area contributed by atoms with E-state index in [0.29, 0.717) is 19.3 Å². The lowest BCUT2D eigenvalue weighted by Crippen LogP contribution is -2.30. The van der Waals surface area contributed by atoms with Crippen LogP contribution in [0.5, 0.6) is 0 Å². The number of rotatable bonds is 75. The van der Waals surface area contributed by atoms with Gasteiger partial charge in [0.2, 0.25) is 0 Å². The number of esters is 3. The van der Waals surface area contributed by atoms with Gasteiger partial charge in [-0.2, -0.15) is 0 Å². The molecule has 0 saturated heterocycles. The van der Waals surface area contributed by atoms with Gasteiger partial charge in [0.15, 0.2) is 6.10 Å². The molecule has 0 fully saturated rings. The number of unbranched alkanes of at least 4 members (excludes halogenated alkanes) is 24. The number of aliphatic hydroxyl groups is 2. The third-order valence-corrected chi connectivity index (χ3v) is 18.3. The fraction of sp³-hybridized carbons (Fsp3) is 0.644. The monoisotopic (exact) mass is 1510 g/mol. The van der Waals surface area contributed by atoms with Crippen molar-refractivity contribution in [3.05, 3.63) is 170 Å². The lowest BCUT2D eigenvalue weighted by molar-refractivity contribution is -0.161.